The fourth-order valence-electron chi connectivity index (χ4n) is 2.61. The number of aromatic nitrogens is 1. The molecule has 3 rings (SSSR count). The smallest absolute Gasteiger partial charge is 0.104 e. The molecule has 2 N–H and O–H groups in total. The molecule has 0 amide bonds. The molecule has 0 spiro atoms. The van der Waals surface area contributed by atoms with Crippen LogP contribution in [0.25, 0.3) is 10.9 Å². The average Bonchev–Trinajstić information content (AvgIpc) is 2.88. The van der Waals surface area contributed by atoms with Crippen molar-refractivity contribution in [2.45, 2.75) is 6.54 Å². The van der Waals surface area contributed by atoms with E-state index in [-0.39, 0.29) is 0 Å². The molecule has 0 saturated carbocycles. The van der Waals surface area contributed by atoms with E-state index in [1.54, 1.807) is 0 Å². The Labute approximate surface area is 124 Å². The normalized spacial score (nSPS) is 16.6. The summed E-state index contributed by atoms with van der Waals surface area (Å²) in [6.45, 7) is 5.76. The predicted octanol–water partition coefficient (Wildman–Crippen LogP) is 1.61. The molecule has 1 fully saturated rings. The molecule has 0 bridgehead atoms. The van der Waals surface area contributed by atoms with Crippen LogP contribution < -0.4 is 5.73 Å². The fourth-order valence-corrected chi connectivity index (χ4v) is 2.73. The Balaban J connectivity index is 1.76. The minimum atomic E-state index is 0.452. The first-order valence-electron chi connectivity index (χ1n) is 6.93. The van der Waals surface area contributed by atoms with E-state index in [0.717, 1.165) is 45.0 Å². The number of hydrogen-bond acceptors (Lipinski definition) is 3. The van der Waals surface area contributed by atoms with Gasteiger partial charge in [-0.15, -0.1) is 0 Å². The van der Waals surface area contributed by atoms with Gasteiger partial charge in [-0.3, -0.25) is 4.90 Å². The molecular formula is C15H19N3OS. The number of morpholine rings is 1. The van der Waals surface area contributed by atoms with Crippen molar-refractivity contribution < 1.29 is 4.74 Å². The van der Waals surface area contributed by atoms with E-state index in [1.165, 1.54) is 10.9 Å². The maximum absolute atomic E-state index is 5.71. The fraction of sp³-hybridized carbons (Fsp3) is 0.400. The lowest BCUT2D eigenvalue weighted by molar-refractivity contribution is 0.0365. The molecule has 0 aliphatic carbocycles. The van der Waals surface area contributed by atoms with Crippen molar-refractivity contribution >= 4 is 28.1 Å². The van der Waals surface area contributed by atoms with Crippen LogP contribution in [-0.2, 0) is 11.3 Å². The second kappa shape index (κ2) is 5.91. The van der Waals surface area contributed by atoms with E-state index in [4.69, 9.17) is 22.7 Å². The zero-order valence-electron chi connectivity index (χ0n) is 11.4. The number of nitrogens with two attached hydrogens (primary N) is 1. The monoisotopic (exact) mass is 289 g/mol. The van der Waals surface area contributed by atoms with E-state index in [1.807, 2.05) is 6.07 Å². The molecule has 1 saturated heterocycles. The topological polar surface area (TPSA) is 43.4 Å². The molecule has 0 atom stereocenters. The van der Waals surface area contributed by atoms with Crippen LogP contribution in [0.2, 0.25) is 0 Å². The summed E-state index contributed by atoms with van der Waals surface area (Å²) in [7, 11) is 0. The van der Waals surface area contributed by atoms with Crippen molar-refractivity contribution in [3.63, 3.8) is 0 Å². The van der Waals surface area contributed by atoms with Gasteiger partial charge in [0, 0.05) is 43.5 Å². The number of hydrogen-bond donors (Lipinski definition) is 1. The molecule has 5 heteroatoms. The minimum absolute atomic E-state index is 0.452. The van der Waals surface area contributed by atoms with E-state index < -0.39 is 0 Å². The van der Waals surface area contributed by atoms with Crippen molar-refractivity contribution in [3.05, 3.63) is 36.0 Å². The minimum Gasteiger partial charge on any atom is -0.389 e. The van der Waals surface area contributed by atoms with Crippen LogP contribution >= 0.6 is 12.2 Å². The van der Waals surface area contributed by atoms with Crippen molar-refractivity contribution in [2.24, 2.45) is 5.73 Å². The van der Waals surface area contributed by atoms with Gasteiger partial charge in [0.2, 0.25) is 0 Å². The summed E-state index contributed by atoms with van der Waals surface area (Å²) in [6, 6.07) is 8.28. The molecule has 0 radical (unpaired) electrons. The third-order valence-electron chi connectivity index (χ3n) is 3.82. The number of thiocarbonyl (C=S) groups is 1. The van der Waals surface area contributed by atoms with Crippen LogP contribution in [0.5, 0.6) is 0 Å². The van der Waals surface area contributed by atoms with Crippen molar-refractivity contribution in [3.8, 4) is 0 Å². The first-order chi connectivity index (χ1) is 9.74. The highest BCUT2D eigenvalue weighted by atomic mass is 32.1. The second-order valence-electron chi connectivity index (χ2n) is 5.10. The third kappa shape index (κ3) is 2.85. The molecule has 0 unspecified atom stereocenters. The van der Waals surface area contributed by atoms with Crippen molar-refractivity contribution in [2.75, 3.05) is 32.8 Å². The maximum Gasteiger partial charge on any atom is 0.104 e. The van der Waals surface area contributed by atoms with E-state index in [2.05, 4.69) is 33.9 Å². The lowest BCUT2D eigenvalue weighted by Gasteiger charge is -2.26. The largest absolute Gasteiger partial charge is 0.389 e. The van der Waals surface area contributed by atoms with E-state index in [9.17, 15) is 0 Å². The van der Waals surface area contributed by atoms with Gasteiger partial charge in [-0.05, 0) is 17.5 Å². The zero-order valence-corrected chi connectivity index (χ0v) is 12.2. The summed E-state index contributed by atoms with van der Waals surface area (Å²) < 4.78 is 7.64. The quantitative estimate of drug-likeness (QED) is 0.869. The van der Waals surface area contributed by atoms with Gasteiger partial charge in [-0.1, -0.05) is 24.4 Å². The molecule has 2 aromatic rings. The Morgan fingerprint density at radius 2 is 2.00 bits per heavy atom. The van der Waals surface area contributed by atoms with E-state index in [0.29, 0.717) is 4.99 Å². The number of fused-ring (bicyclic) bond motifs is 1. The van der Waals surface area contributed by atoms with Crippen LogP contribution in [-0.4, -0.2) is 47.3 Å². The highest BCUT2D eigenvalue weighted by Gasteiger charge is 2.10. The Bertz CT molecular complexity index is 617. The summed E-state index contributed by atoms with van der Waals surface area (Å²) in [5, 5.41) is 1.23. The highest BCUT2D eigenvalue weighted by molar-refractivity contribution is 7.80. The van der Waals surface area contributed by atoms with Crippen LogP contribution in [0.3, 0.4) is 0 Å². The van der Waals surface area contributed by atoms with Crippen molar-refractivity contribution in [1.82, 2.24) is 9.47 Å². The van der Waals surface area contributed by atoms with Gasteiger partial charge in [0.25, 0.3) is 0 Å². The molecule has 20 heavy (non-hydrogen) atoms. The van der Waals surface area contributed by atoms with Gasteiger partial charge in [-0.25, -0.2) is 0 Å². The summed E-state index contributed by atoms with van der Waals surface area (Å²) in [4.78, 5) is 2.89. The first-order valence-corrected chi connectivity index (χ1v) is 7.34. The Hall–Kier alpha value is -1.43. The number of rotatable bonds is 4. The van der Waals surface area contributed by atoms with Crippen LogP contribution in [0.15, 0.2) is 30.5 Å². The summed E-state index contributed by atoms with van der Waals surface area (Å²) >= 11 is 5.06. The first kappa shape index (κ1) is 13.5. The highest BCUT2D eigenvalue weighted by Crippen LogP contribution is 2.18. The van der Waals surface area contributed by atoms with E-state index >= 15 is 0 Å². The number of nitrogens with zero attached hydrogens (tertiary/aromatic N) is 2. The molecule has 1 aromatic heterocycles. The van der Waals surface area contributed by atoms with Gasteiger partial charge >= 0.3 is 0 Å². The molecule has 106 valence electrons. The lowest BCUT2D eigenvalue weighted by atomic mass is 10.1. The Morgan fingerprint density at radius 1 is 1.20 bits per heavy atom. The summed E-state index contributed by atoms with van der Waals surface area (Å²) in [5.41, 5.74) is 7.84. The standard InChI is InChI=1S/C15H19N3OS/c16-15(20)13-2-1-12-3-4-18(14(12)11-13)6-5-17-7-9-19-10-8-17/h1-4,11H,5-10H2,(H2,16,20). The van der Waals surface area contributed by atoms with Gasteiger partial charge in [-0.2, -0.15) is 0 Å². The van der Waals surface area contributed by atoms with Gasteiger partial charge in [0.15, 0.2) is 0 Å². The number of ether oxygens (including phenoxy) is 1. The molecule has 2 heterocycles. The Morgan fingerprint density at radius 3 is 2.75 bits per heavy atom. The number of benzene rings is 1. The Kier molecular flexibility index (Phi) is 4.00. The predicted molar refractivity (Wildman–Crippen MR) is 85.1 cm³/mol. The molecular weight excluding hydrogens is 270 g/mol. The summed E-state index contributed by atoms with van der Waals surface area (Å²) in [5.74, 6) is 0. The molecule has 1 aliphatic rings. The van der Waals surface area contributed by atoms with Gasteiger partial charge < -0.3 is 15.0 Å². The summed E-state index contributed by atoms with van der Waals surface area (Å²) in [6.07, 6.45) is 2.13. The zero-order chi connectivity index (χ0) is 13.9. The maximum atomic E-state index is 5.71. The molecule has 4 nitrogen and oxygen atoms in total. The van der Waals surface area contributed by atoms with Crippen LogP contribution in [0, 0.1) is 0 Å². The van der Waals surface area contributed by atoms with Gasteiger partial charge in [0.05, 0.1) is 13.2 Å². The second-order valence-corrected chi connectivity index (χ2v) is 5.54. The van der Waals surface area contributed by atoms with Crippen molar-refractivity contribution in [1.29, 1.82) is 0 Å². The lowest BCUT2D eigenvalue weighted by Crippen LogP contribution is -2.38. The van der Waals surface area contributed by atoms with Crippen LogP contribution in [0.1, 0.15) is 5.56 Å². The SMILES string of the molecule is NC(=S)c1ccc2ccn(CCN3CCOCC3)c2c1. The molecule has 1 aromatic carbocycles. The average molecular weight is 289 g/mol. The van der Waals surface area contributed by atoms with Gasteiger partial charge in [0.1, 0.15) is 4.99 Å². The molecule has 1 aliphatic heterocycles. The van der Waals surface area contributed by atoms with Crippen LogP contribution in [0.4, 0.5) is 0 Å². The third-order valence-corrected chi connectivity index (χ3v) is 4.05.